The maximum atomic E-state index is 12.5. The van der Waals surface area contributed by atoms with Crippen LogP contribution in [0.2, 0.25) is 0 Å². The lowest BCUT2D eigenvalue weighted by Crippen LogP contribution is -2.50. The summed E-state index contributed by atoms with van der Waals surface area (Å²) < 4.78 is 26.3. The monoisotopic (exact) mass is 381 g/mol. The molecule has 0 spiro atoms. The third-order valence-electron chi connectivity index (χ3n) is 5.12. The molecule has 1 amide bonds. The number of amides is 1. The van der Waals surface area contributed by atoms with Crippen molar-refractivity contribution in [1.82, 2.24) is 14.9 Å². The molecule has 2 heterocycles. The topological polar surface area (TPSA) is 78.5 Å². The van der Waals surface area contributed by atoms with Crippen LogP contribution in [0.4, 0.5) is 0 Å². The second kappa shape index (κ2) is 9.36. The minimum atomic E-state index is -3.31. The van der Waals surface area contributed by atoms with Crippen molar-refractivity contribution in [3.8, 4) is 0 Å². The maximum absolute atomic E-state index is 12.5. The fourth-order valence-corrected chi connectivity index (χ4v) is 5.29. The van der Waals surface area contributed by atoms with Gasteiger partial charge in [-0.1, -0.05) is 20.3 Å². The van der Waals surface area contributed by atoms with Gasteiger partial charge in [0.1, 0.15) is 6.04 Å². The van der Waals surface area contributed by atoms with Crippen LogP contribution in [-0.4, -0.2) is 56.6 Å². The Kier molecular flexibility index (Phi) is 8.45. The van der Waals surface area contributed by atoms with E-state index in [2.05, 4.69) is 17.6 Å². The molecule has 2 fully saturated rings. The number of unbranched alkanes of at least 4 members (excludes halogenated alkanes) is 1. The number of rotatable bonds is 7. The molecule has 0 aromatic rings. The van der Waals surface area contributed by atoms with Crippen molar-refractivity contribution in [2.24, 2.45) is 5.41 Å². The number of sulfonamides is 1. The van der Waals surface area contributed by atoms with E-state index in [4.69, 9.17) is 0 Å². The molecule has 0 aromatic heterocycles. The standard InChI is InChI=1S/C16H31N3O3S.ClH/c1-3-4-12-23(21,22)19-11-5-6-14(19)15(20)18-13-16(2)7-9-17-10-8-16;/h14,17H,3-13H2,1-2H3,(H,18,20);1H. The van der Waals surface area contributed by atoms with Crippen LogP contribution >= 0.6 is 12.4 Å². The van der Waals surface area contributed by atoms with Gasteiger partial charge in [0.25, 0.3) is 0 Å². The summed E-state index contributed by atoms with van der Waals surface area (Å²) in [4.78, 5) is 12.5. The van der Waals surface area contributed by atoms with Gasteiger partial charge in [0.15, 0.2) is 0 Å². The van der Waals surface area contributed by atoms with Gasteiger partial charge in [-0.15, -0.1) is 12.4 Å². The van der Waals surface area contributed by atoms with Gasteiger partial charge in [0.05, 0.1) is 5.75 Å². The molecule has 0 bridgehead atoms. The van der Waals surface area contributed by atoms with Crippen LogP contribution in [-0.2, 0) is 14.8 Å². The van der Waals surface area contributed by atoms with Crippen LogP contribution in [0.3, 0.4) is 0 Å². The summed E-state index contributed by atoms with van der Waals surface area (Å²) in [7, 11) is -3.31. The van der Waals surface area contributed by atoms with E-state index in [0.717, 1.165) is 38.8 Å². The molecule has 0 radical (unpaired) electrons. The lowest BCUT2D eigenvalue weighted by Gasteiger charge is -2.34. The van der Waals surface area contributed by atoms with E-state index < -0.39 is 16.1 Å². The van der Waals surface area contributed by atoms with Crippen molar-refractivity contribution in [1.29, 1.82) is 0 Å². The number of carbonyl (C=O) groups excluding carboxylic acids is 1. The van der Waals surface area contributed by atoms with Gasteiger partial charge in [-0.3, -0.25) is 4.79 Å². The van der Waals surface area contributed by atoms with Gasteiger partial charge >= 0.3 is 0 Å². The molecule has 0 aliphatic carbocycles. The predicted octanol–water partition coefficient (Wildman–Crippen LogP) is 1.51. The van der Waals surface area contributed by atoms with Crippen LogP contribution in [0.1, 0.15) is 52.4 Å². The molecule has 2 saturated heterocycles. The molecular weight excluding hydrogens is 350 g/mol. The van der Waals surface area contributed by atoms with Crippen molar-refractivity contribution in [3.63, 3.8) is 0 Å². The molecule has 1 unspecified atom stereocenters. The predicted molar refractivity (Wildman–Crippen MR) is 98.9 cm³/mol. The van der Waals surface area contributed by atoms with E-state index in [-0.39, 0.29) is 29.5 Å². The molecule has 0 aromatic carbocycles. The van der Waals surface area contributed by atoms with Crippen molar-refractivity contribution < 1.29 is 13.2 Å². The van der Waals surface area contributed by atoms with E-state index in [1.807, 2.05) is 6.92 Å². The molecular formula is C16H32ClN3O3S. The molecule has 6 nitrogen and oxygen atoms in total. The molecule has 142 valence electrons. The minimum Gasteiger partial charge on any atom is -0.354 e. The Morgan fingerprint density at radius 1 is 1.33 bits per heavy atom. The van der Waals surface area contributed by atoms with Crippen LogP contribution < -0.4 is 10.6 Å². The Labute approximate surface area is 152 Å². The smallest absolute Gasteiger partial charge is 0.238 e. The Morgan fingerprint density at radius 2 is 2.00 bits per heavy atom. The zero-order valence-electron chi connectivity index (χ0n) is 14.8. The zero-order valence-corrected chi connectivity index (χ0v) is 16.5. The van der Waals surface area contributed by atoms with Gasteiger partial charge in [-0.2, -0.15) is 4.31 Å². The second-order valence-corrected chi connectivity index (χ2v) is 9.26. The molecule has 8 heteroatoms. The fourth-order valence-electron chi connectivity index (χ4n) is 3.40. The highest BCUT2D eigenvalue weighted by Crippen LogP contribution is 2.27. The number of halogens is 1. The Balaban J connectivity index is 0.00000288. The first-order chi connectivity index (χ1) is 10.9. The van der Waals surface area contributed by atoms with Crippen molar-refractivity contribution in [3.05, 3.63) is 0 Å². The normalized spacial score (nSPS) is 24.3. The Morgan fingerprint density at radius 3 is 2.62 bits per heavy atom. The summed E-state index contributed by atoms with van der Waals surface area (Å²) in [5, 5.41) is 6.35. The molecule has 2 rings (SSSR count). The largest absolute Gasteiger partial charge is 0.354 e. The van der Waals surface area contributed by atoms with E-state index in [1.165, 1.54) is 4.31 Å². The summed E-state index contributed by atoms with van der Waals surface area (Å²) in [6.07, 6.45) is 4.97. The number of carbonyl (C=O) groups is 1. The summed E-state index contributed by atoms with van der Waals surface area (Å²) in [6.45, 7) is 7.24. The van der Waals surface area contributed by atoms with Gasteiger partial charge < -0.3 is 10.6 Å². The second-order valence-electron chi connectivity index (χ2n) is 7.22. The highest BCUT2D eigenvalue weighted by molar-refractivity contribution is 7.89. The minimum absolute atomic E-state index is 0. The first-order valence-corrected chi connectivity index (χ1v) is 10.5. The molecule has 2 N–H and O–H groups in total. The van der Waals surface area contributed by atoms with E-state index in [1.54, 1.807) is 0 Å². The molecule has 1 atom stereocenters. The zero-order chi connectivity index (χ0) is 16.9. The van der Waals surface area contributed by atoms with Crippen LogP contribution in [0.25, 0.3) is 0 Å². The SMILES string of the molecule is CCCCS(=O)(=O)N1CCCC1C(=O)NCC1(C)CCNCC1.Cl. The van der Waals surface area contributed by atoms with Gasteiger partial charge in [0, 0.05) is 13.1 Å². The summed E-state index contributed by atoms with van der Waals surface area (Å²) in [6, 6.07) is -0.512. The number of nitrogens with zero attached hydrogens (tertiary/aromatic N) is 1. The number of hydrogen-bond acceptors (Lipinski definition) is 4. The molecule has 0 saturated carbocycles. The average Bonchev–Trinajstić information content (AvgIpc) is 3.02. The van der Waals surface area contributed by atoms with Gasteiger partial charge in [0.2, 0.25) is 15.9 Å². The van der Waals surface area contributed by atoms with Gasteiger partial charge in [-0.05, 0) is 50.6 Å². The highest BCUT2D eigenvalue weighted by atomic mass is 35.5. The average molecular weight is 382 g/mol. The molecule has 2 aliphatic rings. The van der Waals surface area contributed by atoms with Crippen LogP contribution in [0.15, 0.2) is 0 Å². The number of nitrogens with one attached hydrogen (secondary N) is 2. The Bertz CT molecular complexity index is 507. The summed E-state index contributed by atoms with van der Waals surface area (Å²) in [5.74, 6) is 0.0266. The number of hydrogen-bond donors (Lipinski definition) is 2. The summed E-state index contributed by atoms with van der Waals surface area (Å²) in [5.41, 5.74) is 0.116. The van der Waals surface area contributed by atoms with E-state index in [0.29, 0.717) is 25.9 Å². The van der Waals surface area contributed by atoms with Crippen molar-refractivity contribution in [2.45, 2.75) is 58.4 Å². The van der Waals surface area contributed by atoms with E-state index >= 15 is 0 Å². The third kappa shape index (κ3) is 5.58. The highest BCUT2D eigenvalue weighted by Gasteiger charge is 2.38. The number of piperidine rings is 1. The lowest BCUT2D eigenvalue weighted by atomic mass is 9.81. The van der Waals surface area contributed by atoms with Crippen LogP contribution in [0, 0.1) is 5.41 Å². The fraction of sp³-hybridized carbons (Fsp3) is 0.938. The lowest BCUT2D eigenvalue weighted by molar-refractivity contribution is -0.124. The van der Waals surface area contributed by atoms with E-state index in [9.17, 15) is 13.2 Å². The van der Waals surface area contributed by atoms with Gasteiger partial charge in [-0.25, -0.2) is 8.42 Å². The van der Waals surface area contributed by atoms with Crippen molar-refractivity contribution in [2.75, 3.05) is 31.9 Å². The molecule has 24 heavy (non-hydrogen) atoms. The Hall–Kier alpha value is -0.370. The van der Waals surface area contributed by atoms with Crippen LogP contribution in [0.5, 0.6) is 0 Å². The quantitative estimate of drug-likeness (QED) is 0.700. The molecule has 2 aliphatic heterocycles. The maximum Gasteiger partial charge on any atom is 0.238 e. The first kappa shape index (κ1) is 21.7. The third-order valence-corrected chi connectivity index (χ3v) is 7.08. The summed E-state index contributed by atoms with van der Waals surface area (Å²) >= 11 is 0. The van der Waals surface area contributed by atoms with Crippen molar-refractivity contribution >= 4 is 28.3 Å². The first-order valence-electron chi connectivity index (χ1n) is 8.86.